The van der Waals surface area contributed by atoms with Crippen LogP contribution in [0.25, 0.3) is 0 Å². The van der Waals surface area contributed by atoms with Gasteiger partial charge in [-0.2, -0.15) is 0 Å². The molecule has 1 amide bonds. The third kappa shape index (κ3) is 5.20. The monoisotopic (exact) mass is 288 g/mol. The summed E-state index contributed by atoms with van der Waals surface area (Å²) < 4.78 is 5.28. The number of rotatable bonds is 4. The van der Waals surface area contributed by atoms with Crippen LogP contribution in [0.2, 0.25) is 0 Å². The zero-order chi connectivity index (χ0) is 14.9. The van der Waals surface area contributed by atoms with Crippen molar-refractivity contribution in [3.63, 3.8) is 0 Å². The van der Waals surface area contributed by atoms with E-state index in [0.717, 1.165) is 38.4 Å². The van der Waals surface area contributed by atoms with Crippen LogP contribution in [-0.2, 0) is 4.74 Å². The third-order valence-corrected chi connectivity index (χ3v) is 3.25. The van der Waals surface area contributed by atoms with Crippen LogP contribution in [0.5, 0.6) is 0 Å². The summed E-state index contributed by atoms with van der Waals surface area (Å²) in [6, 6.07) is 7.09. The summed E-state index contributed by atoms with van der Waals surface area (Å²) in [5.74, 6) is 5.27. The van der Waals surface area contributed by atoms with Crippen molar-refractivity contribution >= 4 is 5.91 Å². The van der Waals surface area contributed by atoms with E-state index in [0.29, 0.717) is 12.1 Å². The minimum atomic E-state index is -0.185. The first-order chi connectivity index (χ1) is 10.3. The molecule has 0 radical (unpaired) electrons. The standard InChI is InChI=1S/C16H20N2O3/c19-10-2-4-14-3-1-5-15(13-14)16(20)17-6-7-18-8-11-21-12-9-18/h1,3,5,13,19H,6-12H2,(H,17,20). The molecule has 1 fully saturated rings. The zero-order valence-electron chi connectivity index (χ0n) is 12.0. The average Bonchev–Trinajstić information content (AvgIpc) is 2.54. The van der Waals surface area contributed by atoms with Crippen molar-refractivity contribution in [2.24, 2.45) is 0 Å². The molecule has 0 aliphatic carbocycles. The molecule has 0 atom stereocenters. The van der Waals surface area contributed by atoms with E-state index < -0.39 is 0 Å². The fourth-order valence-corrected chi connectivity index (χ4v) is 2.13. The van der Waals surface area contributed by atoms with E-state index >= 15 is 0 Å². The number of carbonyl (C=O) groups is 1. The number of nitrogens with one attached hydrogen (secondary N) is 1. The first-order valence-electron chi connectivity index (χ1n) is 7.07. The van der Waals surface area contributed by atoms with Crippen LogP contribution in [0.15, 0.2) is 24.3 Å². The highest BCUT2D eigenvalue weighted by Gasteiger charge is 2.10. The molecule has 1 aliphatic heterocycles. The van der Waals surface area contributed by atoms with Crippen molar-refractivity contribution in [2.75, 3.05) is 46.0 Å². The lowest BCUT2D eigenvalue weighted by molar-refractivity contribution is 0.0383. The van der Waals surface area contributed by atoms with Gasteiger partial charge in [0.05, 0.1) is 13.2 Å². The van der Waals surface area contributed by atoms with Crippen molar-refractivity contribution in [3.8, 4) is 11.8 Å². The summed E-state index contributed by atoms with van der Waals surface area (Å²) in [6.07, 6.45) is 0. The molecule has 1 aliphatic rings. The molecular formula is C16H20N2O3. The van der Waals surface area contributed by atoms with Gasteiger partial charge in [-0.1, -0.05) is 17.9 Å². The van der Waals surface area contributed by atoms with E-state index in [4.69, 9.17) is 9.84 Å². The SMILES string of the molecule is O=C(NCCN1CCOCC1)c1cccc(C#CCO)c1. The first kappa shape index (κ1) is 15.5. The Balaban J connectivity index is 1.82. The minimum absolute atomic E-state index is 0.101. The van der Waals surface area contributed by atoms with Gasteiger partial charge < -0.3 is 15.2 Å². The number of hydrogen-bond acceptors (Lipinski definition) is 4. The molecule has 0 unspecified atom stereocenters. The molecule has 2 N–H and O–H groups in total. The van der Waals surface area contributed by atoms with E-state index in [9.17, 15) is 4.79 Å². The Morgan fingerprint density at radius 3 is 2.95 bits per heavy atom. The Kier molecular flexibility index (Phi) is 6.22. The highest BCUT2D eigenvalue weighted by molar-refractivity contribution is 5.94. The molecule has 0 bridgehead atoms. The Labute approximate surface area is 124 Å². The second kappa shape index (κ2) is 8.42. The second-order valence-electron chi connectivity index (χ2n) is 4.75. The van der Waals surface area contributed by atoms with Gasteiger partial charge in [-0.15, -0.1) is 0 Å². The lowest BCUT2D eigenvalue weighted by Crippen LogP contribution is -2.41. The Bertz CT molecular complexity index is 528. The molecule has 112 valence electrons. The van der Waals surface area contributed by atoms with Gasteiger partial charge in [-0.05, 0) is 18.2 Å². The summed E-state index contributed by atoms with van der Waals surface area (Å²) in [6.45, 7) is 4.63. The van der Waals surface area contributed by atoms with Crippen LogP contribution in [0.3, 0.4) is 0 Å². The average molecular weight is 288 g/mol. The number of aliphatic hydroxyl groups excluding tert-OH is 1. The Morgan fingerprint density at radius 2 is 2.19 bits per heavy atom. The van der Waals surface area contributed by atoms with Crippen molar-refractivity contribution in [2.45, 2.75) is 0 Å². The maximum absolute atomic E-state index is 12.1. The lowest BCUT2D eigenvalue weighted by Gasteiger charge is -2.26. The van der Waals surface area contributed by atoms with Crippen LogP contribution in [-0.4, -0.2) is 61.9 Å². The normalized spacial score (nSPS) is 15.1. The predicted octanol–water partition coefficient (Wildman–Crippen LogP) is 0.0924. The molecule has 0 saturated carbocycles. The van der Waals surface area contributed by atoms with E-state index in [1.54, 1.807) is 18.2 Å². The quantitative estimate of drug-likeness (QED) is 0.771. The van der Waals surface area contributed by atoms with E-state index in [1.807, 2.05) is 6.07 Å². The number of hydrogen-bond donors (Lipinski definition) is 2. The van der Waals surface area contributed by atoms with Gasteiger partial charge in [-0.25, -0.2) is 0 Å². The van der Waals surface area contributed by atoms with Gasteiger partial charge in [0.1, 0.15) is 6.61 Å². The molecule has 21 heavy (non-hydrogen) atoms. The fraction of sp³-hybridized carbons (Fsp3) is 0.438. The van der Waals surface area contributed by atoms with E-state index in [2.05, 4.69) is 22.1 Å². The van der Waals surface area contributed by atoms with E-state index in [-0.39, 0.29) is 12.5 Å². The molecule has 0 spiro atoms. The van der Waals surface area contributed by atoms with Crippen molar-refractivity contribution in [1.82, 2.24) is 10.2 Å². The summed E-state index contributed by atoms with van der Waals surface area (Å²) in [5, 5.41) is 11.6. The molecule has 1 aromatic carbocycles. The maximum Gasteiger partial charge on any atom is 0.251 e. The summed E-state index contributed by atoms with van der Waals surface area (Å²) >= 11 is 0. The lowest BCUT2D eigenvalue weighted by atomic mass is 10.1. The predicted molar refractivity (Wildman–Crippen MR) is 80.0 cm³/mol. The molecule has 1 heterocycles. The van der Waals surface area contributed by atoms with Crippen LogP contribution in [0.4, 0.5) is 0 Å². The largest absolute Gasteiger partial charge is 0.384 e. The smallest absolute Gasteiger partial charge is 0.251 e. The van der Waals surface area contributed by atoms with Gasteiger partial charge in [0.15, 0.2) is 0 Å². The van der Waals surface area contributed by atoms with Crippen LogP contribution in [0, 0.1) is 11.8 Å². The number of nitrogens with zero attached hydrogens (tertiary/aromatic N) is 1. The molecule has 5 heteroatoms. The molecule has 1 saturated heterocycles. The fourth-order valence-electron chi connectivity index (χ4n) is 2.13. The van der Waals surface area contributed by atoms with Crippen molar-refractivity contribution in [1.29, 1.82) is 0 Å². The third-order valence-electron chi connectivity index (χ3n) is 3.25. The Hall–Kier alpha value is -1.87. The molecular weight excluding hydrogens is 268 g/mol. The van der Waals surface area contributed by atoms with Crippen molar-refractivity contribution in [3.05, 3.63) is 35.4 Å². The minimum Gasteiger partial charge on any atom is -0.384 e. The summed E-state index contributed by atoms with van der Waals surface area (Å²) in [5.41, 5.74) is 1.31. The van der Waals surface area contributed by atoms with Gasteiger partial charge in [0.2, 0.25) is 0 Å². The highest BCUT2D eigenvalue weighted by Crippen LogP contribution is 2.04. The van der Waals surface area contributed by atoms with Crippen LogP contribution >= 0.6 is 0 Å². The number of carbonyl (C=O) groups excluding carboxylic acids is 1. The number of ether oxygens (including phenoxy) is 1. The number of benzene rings is 1. The molecule has 1 aromatic rings. The Morgan fingerprint density at radius 1 is 1.38 bits per heavy atom. The molecule has 5 nitrogen and oxygen atoms in total. The van der Waals surface area contributed by atoms with Gasteiger partial charge >= 0.3 is 0 Å². The number of morpholine rings is 1. The van der Waals surface area contributed by atoms with Gasteiger partial charge in [0.25, 0.3) is 5.91 Å². The van der Waals surface area contributed by atoms with Gasteiger partial charge in [0, 0.05) is 37.3 Å². The summed E-state index contributed by atoms with van der Waals surface area (Å²) in [4.78, 5) is 14.3. The van der Waals surface area contributed by atoms with Crippen LogP contribution < -0.4 is 5.32 Å². The van der Waals surface area contributed by atoms with Crippen LogP contribution in [0.1, 0.15) is 15.9 Å². The highest BCUT2D eigenvalue weighted by atomic mass is 16.5. The second-order valence-corrected chi connectivity index (χ2v) is 4.75. The summed E-state index contributed by atoms with van der Waals surface area (Å²) in [7, 11) is 0. The number of amides is 1. The number of aliphatic hydroxyl groups is 1. The maximum atomic E-state index is 12.1. The topological polar surface area (TPSA) is 61.8 Å². The molecule has 0 aromatic heterocycles. The zero-order valence-corrected chi connectivity index (χ0v) is 12.0. The first-order valence-corrected chi connectivity index (χ1v) is 7.07. The van der Waals surface area contributed by atoms with E-state index in [1.165, 1.54) is 0 Å². The van der Waals surface area contributed by atoms with Gasteiger partial charge in [-0.3, -0.25) is 9.69 Å². The molecule has 2 rings (SSSR count). The van der Waals surface area contributed by atoms with Crippen molar-refractivity contribution < 1.29 is 14.6 Å².